The Morgan fingerprint density at radius 1 is 0.325 bits per heavy atom. The maximum absolute atomic E-state index is 16.9. The summed E-state index contributed by atoms with van der Waals surface area (Å²) in [5.41, 5.74) is -0.682. The van der Waals surface area contributed by atoms with E-state index in [2.05, 4.69) is 0 Å². The average Bonchev–Trinajstić information content (AvgIpc) is 3.52. The minimum Gasteiger partial charge on any atom is -0.399 e. The van der Waals surface area contributed by atoms with Crippen LogP contribution in [0, 0.1) is 0 Å². The molecule has 0 aliphatic carbocycles. The molecule has 13 heteroatoms. The van der Waals surface area contributed by atoms with Crippen molar-refractivity contribution < 1.29 is 32.3 Å². The normalized spacial score (nSPS) is 12.1. The maximum atomic E-state index is 16.9. The van der Waals surface area contributed by atoms with Gasteiger partial charge in [0.1, 0.15) is 28.6 Å². The molecule has 10 aromatic rings. The molecule has 0 heterocycles. The van der Waals surface area contributed by atoms with Crippen molar-refractivity contribution >= 4 is 50.8 Å². The SMILES string of the molecule is O=P(N=P(c1ccccc1)(c1ccccc1)C(/C=C/C(O)(c1ccccc1)c1ccccc1)P(=NP(=O)(Oc1ccccc1)Oc1ccccc1)(c1ccccc1)c1ccccc1)(Oc1ccccc1)Oc1ccccc1. The number of hydrogen-bond acceptors (Lipinski definition) is 7. The van der Waals surface area contributed by atoms with Gasteiger partial charge in [-0.2, -0.15) is 9.03 Å². The van der Waals surface area contributed by atoms with Gasteiger partial charge < -0.3 is 23.2 Å². The highest BCUT2D eigenvalue weighted by molar-refractivity contribution is 7.99. The first-order valence-corrected chi connectivity index (χ1v) is 31.5. The molecule has 0 radical (unpaired) electrons. The van der Waals surface area contributed by atoms with Crippen LogP contribution in [0.15, 0.2) is 325 Å². The van der Waals surface area contributed by atoms with Crippen molar-refractivity contribution in [1.82, 2.24) is 0 Å². The van der Waals surface area contributed by atoms with Gasteiger partial charge in [0.15, 0.2) is 0 Å². The summed E-state index contributed by atoms with van der Waals surface area (Å²) in [6, 6.07) is 92.8. The van der Waals surface area contributed by atoms with Crippen molar-refractivity contribution in [3.8, 4) is 23.0 Å². The van der Waals surface area contributed by atoms with Gasteiger partial charge in [0.05, 0.1) is 19.5 Å². The number of hydrogen-bond donors (Lipinski definition) is 1. The third-order valence-corrected chi connectivity index (χ3v) is 26.7. The number of para-hydroxylation sites is 4. The van der Waals surface area contributed by atoms with E-state index in [-0.39, 0.29) is 23.0 Å². The van der Waals surface area contributed by atoms with Crippen LogP contribution in [0.1, 0.15) is 11.1 Å². The maximum Gasteiger partial charge on any atom is 0.562 e. The Balaban J connectivity index is 1.45. The highest BCUT2D eigenvalue weighted by Crippen LogP contribution is 2.76. The second kappa shape index (κ2) is 23.9. The zero-order valence-electron chi connectivity index (χ0n) is 41.7. The number of rotatable bonds is 20. The molecule has 10 rings (SSSR count). The van der Waals surface area contributed by atoms with Gasteiger partial charge >= 0.3 is 15.5 Å². The van der Waals surface area contributed by atoms with Crippen LogP contribution >= 0.6 is 29.6 Å². The number of aliphatic hydroxyl groups is 1. The second-order valence-corrected chi connectivity index (χ2v) is 28.1. The summed E-state index contributed by atoms with van der Waals surface area (Å²) in [5, 5.41) is 15.2. The topological polar surface area (TPSA) is 116 Å². The van der Waals surface area contributed by atoms with Crippen LogP contribution in [0.25, 0.3) is 0 Å². The quantitative estimate of drug-likeness (QED) is 0.0597. The predicted octanol–water partition coefficient (Wildman–Crippen LogP) is 16.0. The van der Waals surface area contributed by atoms with Crippen LogP contribution in [0.3, 0.4) is 0 Å². The van der Waals surface area contributed by atoms with E-state index < -0.39 is 40.6 Å². The van der Waals surface area contributed by atoms with Crippen LogP contribution in [0.4, 0.5) is 0 Å². The Kier molecular flexibility index (Phi) is 16.3. The lowest BCUT2D eigenvalue weighted by molar-refractivity contribution is 0.134. The first kappa shape index (κ1) is 52.5. The lowest BCUT2D eigenvalue weighted by Gasteiger charge is -2.42. The minimum absolute atomic E-state index is 0.248. The molecule has 0 aromatic heterocycles. The third-order valence-electron chi connectivity index (χ3n) is 12.7. The largest absolute Gasteiger partial charge is 0.562 e. The molecular formula is C64H54N2O7P4. The molecule has 0 aliphatic heterocycles. The fourth-order valence-corrected chi connectivity index (χ4v) is 26.1. The lowest BCUT2D eigenvalue weighted by Crippen LogP contribution is -2.33. The smallest absolute Gasteiger partial charge is 0.399 e. The summed E-state index contributed by atoms with van der Waals surface area (Å²) in [6.45, 7) is 0. The molecule has 0 fully saturated rings. The average molecular weight is 1090 g/mol. The Labute approximate surface area is 450 Å². The summed E-state index contributed by atoms with van der Waals surface area (Å²) in [5.74, 6) is 0.994. The molecule has 77 heavy (non-hydrogen) atoms. The van der Waals surface area contributed by atoms with E-state index >= 15 is 9.13 Å². The van der Waals surface area contributed by atoms with Crippen molar-refractivity contribution in [3.05, 3.63) is 327 Å². The molecule has 10 aromatic carbocycles. The summed E-state index contributed by atoms with van der Waals surface area (Å²) in [7, 11) is -17.8. The summed E-state index contributed by atoms with van der Waals surface area (Å²) < 4.78 is 72.2. The fraction of sp³-hybridized carbons (Fsp3) is 0.0312. The molecule has 382 valence electrons. The van der Waals surface area contributed by atoms with E-state index in [1.54, 1.807) is 103 Å². The molecule has 0 amide bonds. The zero-order chi connectivity index (χ0) is 52.9. The van der Waals surface area contributed by atoms with Gasteiger partial charge in [-0.25, -0.2) is 9.13 Å². The van der Waals surface area contributed by atoms with E-state index in [0.29, 0.717) is 32.3 Å². The van der Waals surface area contributed by atoms with Crippen molar-refractivity contribution in [3.63, 3.8) is 0 Å². The van der Waals surface area contributed by atoms with Crippen molar-refractivity contribution in [2.24, 2.45) is 9.03 Å². The Morgan fingerprint density at radius 3 is 0.766 bits per heavy atom. The molecule has 0 saturated carbocycles. The predicted molar refractivity (Wildman–Crippen MR) is 315 cm³/mol. The van der Waals surface area contributed by atoms with E-state index in [1.165, 1.54) is 0 Å². The van der Waals surface area contributed by atoms with E-state index in [1.807, 2.05) is 212 Å². The molecule has 0 atom stereocenters. The van der Waals surface area contributed by atoms with Crippen molar-refractivity contribution in [1.29, 1.82) is 0 Å². The lowest BCUT2D eigenvalue weighted by atomic mass is 9.86. The molecule has 0 bridgehead atoms. The number of nitrogens with zero attached hydrogens (tertiary/aromatic N) is 2. The number of benzene rings is 10. The van der Waals surface area contributed by atoms with Crippen LogP contribution in [-0.2, 0) is 14.7 Å². The Bertz CT molecular complexity index is 3300. The zero-order valence-corrected chi connectivity index (χ0v) is 45.3. The van der Waals surface area contributed by atoms with Gasteiger partial charge in [-0.05, 0) is 87.0 Å². The van der Waals surface area contributed by atoms with Crippen LogP contribution in [-0.4, -0.2) is 10.5 Å². The van der Waals surface area contributed by atoms with E-state index in [0.717, 1.165) is 0 Å². The van der Waals surface area contributed by atoms with E-state index in [4.69, 9.17) is 27.1 Å². The first-order chi connectivity index (χ1) is 37.7. The first-order valence-electron chi connectivity index (χ1n) is 24.9. The fourth-order valence-electron chi connectivity index (χ4n) is 9.22. The van der Waals surface area contributed by atoms with Crippen molar-refractivity contribution in [2.75, 3.05) is 0 Å². The monoisotopic (exact) mass is 1090 g/mol. The highest BCUT2D eigenvalue weighted by atomic mass is 31.3. The summed E-state index contributed by atoms with van der Waals surface area (Å²) in [4.78, 5) is 0. The highest BCUT2D eigenvalue weighted by Gasteiger charge is 2.51. The van der Waals surface area contributed by atoms with Gasteiger partial charge in [-0.1, -0.05) is 261 Å². The van der Waals surface area contributed by atoms with Gasteiger partial charge in [-0.3, -0.25) is 0 Å². The van der Waals surface area contributed by atoms with Gasteiger partial charge in [0, 0.05) is 0 Å². The van der Waals surface area contributed by atoms with Gasteiger partial charge in [-0.15, -0.1) is 0 Å². The van der Waals surface area contributed by atoms with Crippen LogP contribution in [0.5, 0.6) is 23.0 Å². The number of allylic oxidation sites excluding steroid dienone is 1. The molecule has 9 nitrogen and oxygen atoms in total. The summed E-state index contributed by atoms with van der Waals surface area (Å²) >= 11 is 0. The van der Waals surface area contributed by atoms with Gasteiger partial charge in [0.2, 0.25) is 0 Å². The molecule has 1 N–H and O–H groups in total. The molecule has 0 saturated heterocycles. The third kappa shape index (κ3) is 11.9. The van der Waals surface area contributed by atoms with Crippen molar-refractivity contribution in [2.45, 2.75) is 11.0 Å². The standard InChI is InChI=1S/C64H54N2O7P4/c67-64(53-31-11-1-12-32-53,54-33-13-2-14-34-54)52-51-63(74(59-43-23-7-24-44-59,60-45-25-8-26-46-60)65-76(68,70-55-35-15-3-16-36-55)71-56-37-17-4-18-38-56)75(61-47-27-9-28-48-61,62-49-29-10-30-50-62)66-77(69,72-57-39-19-5-20-40-57)73-58-41-21-6-22-42-58/h1-52,63,67H/b52-51+. The van der Waals surface area contributed by atoms with Crippen LogP contribution in [0.2, 0.25) is 0 Å². The van der Waals surface area contributed by atoms with E-state index in [9.17, 15) is 5.11 Å². The molecule has 0 spiro atoms. The minimum atomic E-state index is -4.84. The Hall–Kier alpha value is -7.98. The van der Waals surface area contributed by atoms with Gasteiger partial charge in [0.25, 0.3) is 0 Å². The molecular weight excluding hydrogens is 1030 g/mol. The Morgan fingerprint density at radius 2 is 0.532 bits per heavy atom. The molecule has 0 unspecified atom stereocenters. The summed E-state index contributed by atoms with van der Waals surface area (Å²) in [6.07, 6.45) is 3.72. The molecule has 0 aliphatic rings. The second-order valence-electron chi connectivity index (χ2n) is 17.7. The van der Waals surface area contributed by atoms with Crippen LogP contribution < -0.4 is 39.3 Å².